The molecule has 0 saturated heterocycles. The van der Waals surface area contributed by atoms with E-state index >= 15 is 0 Å². The van der Waals surface area contributed by atoms with Crippen LogP contribution in [-0.4, -0.2) is 9.97 Å². The lowest BCUT2D eigenvalue weighted by Crippen LogP contribution is -2.06. The number of rotatable bonds is 5. The maximum absolute atomic E-state index is 6.23. The number of para-hydroxylation sites is 1. The van der Waals surface area contributed by atoms with Crippen LogP contribution in [-0.2, 0) is 6.42 Å². The first-order valence-electron chi connectivity index (χ1n) is 7.75. The minimum absolute atomic E-state index is 0.407. The van der Waals surface area contributed by atoms with Crippen LogP contribution in [0.2, 0.25) is 10.0 Å². The van der Waals surface area contributed by atoms with E-state index in [4.69, 9.17) is 28.9 Å². The van der Waals surface area contributed by atoms with Gasteiger partial charge >= 0.3 is 0 Å². The fourth-order valence-corrected chi connectivity index (χ4v) is 2.96. The van der Waals surface area contributed by atoms with Gasteiger partial charge in [-0.1, -0.05) is 48.3 Å². The quantitative estimate of drug-likeness (QED) is 0.556. The molecule has 1 heterocycles. The van der Waals surface area contributed by atoms with Gasteiger partial charge in [0, 0.05) is 21.4 Å². The van der Waals surface area contributed by atoms with Crippen molar-refractivity contribution in [2.45, 2.75) is 13.3 Å². The molecule has 0 radical (unpaired) electrons. The van der Waals surface area contributed by atoms with Crippen molar-refractivity contribution in [2.75, 3.05) is 16.4 Å². The second kappa shape index (κ2) is 7.59. The number of anilines is 5. The first-order chi connectivity index (χ1) is 12.1. The zero-order valence-electron chi connectivity index (χ0n) is 13.6. The average Bonchev–Trinajstić information content (AvgIpc) is 2.58. The molecule has 0 fully saturated rings. The number of aromatic nitrogens is 2. The van der Waals surface area contributed by atoms with E-state index in [0.717, 1.165) is 12.1 Å². The number of hydrogen-bond acceptors (Lipinski definition) is 5. The molecule has 0 atom stereocenters. The zero-order chi connectivity index (χ0) is 17.8. The fourth-order valence-electron chi connectivity index (χ4n) is 2.44. The molecular formula is C18H17Cl2N5. The third kappa shape index (κ3) is 4.13. The maximum atomic E-state index is 6.23. The van der Waals surface area contributed by atoms with Gasteiger partial charge in [0.25, 0.3) is 0 Å². The minimum atomic E-state index is 0.407. The predicted molar refractivity (Wildman–Crippen MR) is 105 cm³/mol. The highest BCUT2D eigenvalue weighted by molar-refractivity contribution is 6.35. The Balaban J connectivity index is 1.89. The van der Waals surface area contributed by atoms with Gasteiger partial charge in [0.2, 0.25) is 0 Å². The third-order valence-electron chi connectivity index (χ3n) is 3.66. The summed E-state index contributed by atoms with van der Waals surface area (Å²) >= 11 is 12.1. The number of benzene rings is 2. The molecule has 2 aromatic carbocycles. The lowest BCUT2D eigenvalue weighted by Gasteiger charge is -2.14. The van der Waals surface area contributed by atoms with Crippen LogP contribution >= 0.6 is 23.2 Å². The molecular weight excluding hydrogens is 357 g/mol. The van der Waals surface area contributed by atoms with Crippen LogP contribution in [0.1, 0.15) is 12.5 Å². The molecule has 7 heteroatoms. The van der Waals surface area contributed by atoms with Gasteiger partial charge in [-0.15, -0.1) is 0 Å². The normalized spacial score (nSPS) is 10.5. The summed E-state index contributed by atoms with van der Waals surface area (Å²) in [5.74, 6) is 1.01. The van der Waals surface area contributed by atoms with Crippen LogP contribution in [0.4, 0.5) is 28.7 Å². The second-order valence-electron chi connectivity index (χ2n) is 5.40. The number of aryl methyl sites for hydroxylation is 1. The Labute approximate surface area is 156 Å². The van der Waals surface area contributed by atoms with E-state index in [1.807, 2.05) is 18.2 Å². The van der Waals surface area contributed by atoms with Gasteiger partial charge < -0.3 is 16.4 Å². The topological polar surface area (TPSA) is 75.9 Å². The standard InChI is InChI=1S/C18H17Cl2N5/c1-2-11-5-3-4-6-15(11)25-18-16(21)17(22-10-23-18)24-14-8-12(19)7-13(20)9-14/h3-10H,2,21H2,1H3,(H2,22,23,24,25). The molecule has 0 saturated carbocycles. The average molecular weight is 374 g/mol. The van der Waals surface area contributed by atoms with Crippen LogP contribution in [0.15, 0.2) is 48.8 Å². The van der Waals surface area contributed by atoms with E-state index < -0.39 is 0 Å². The van der Waals surface area contributed by atoms with Gasteiger partial charge in [-0.3, -0.25) is 0 Å². The van der Waals surface area contributed by atoms with Crippen molar-refractivity contribution < 1.29 is 0 Å². The van der Waals surface area contributed by atoms with Crippen molar-refractivity contribution in [2.24, 2.45) is 0 Å². The highest BCUT2D eigenvalue weighted by atomic mass is 35.5. The number of nitrogens with two attached hydrogens (primary N) is 1. The molecule has 4 N–H and O–H groups in total. The molecule has 0 aliphatic rings. The van der Waals surface area contributed by atoms with Crippen LogP contribution in [0.25, 0.3) is 0 Å². The van der Waals surface area contributed by atoms with Crippen molar-refractivity contribution >= 4 is 51.9 Å². The van der Waals surface area contributed by atoms with E-state index in [-0.39, 0.29) is 0 Å². The number of halogens is 2. The van der Waals surface area contributed by atoms with Crippen LogP contribution in [0.5, 0.6) is 0 Å². The number of nitrogens with zero attached hydrogens (tertiary/aromatic N) is 2. The molecule has 5 nitrogen and oxygen atoms in total. The van der Waals surface area contributed by atoms with Crippen molar-refractivity contribution in [3.8, 4) is 0 Å². The van der Waals surface area contributed by atoms with Crippen LogP contribution in [0.3, 0.4) is 0 Å². The van der Waals surface area contributed by atoms with E-state index in [2.05, 4.69) is 33.6 Å². The lowest BCUT2D eigenvalue weighted by atomic mass is 10.1. The Kier molecular flexibility index (Phi) is 5.26. The SMILES string of the molecule is CCc1ccccc1Nc1ncnc(Nc2cc(Cl)cc(Cl)c2)c1N. The van der Waals surface area contributed by atoms with Gasteiger partial charge in [0.05, 0.1) is 0 Å². The first kappa shape index (κ1) is 17.3. The fraction of sp³-hybridized carbons (Fsp3) is 0.111. The molecule has 0 bridgehead atoms. The smallest absolute Gasteiger partial charge is 0.159 e. The molecule has 0 spiro atoms. The van der Waals surface area contributed by atoms with Gasteiger partial charge in [0.1, 0.15) is 12.0 Å². The van der Waals surface area contributed by atoms with E-state index in [1.165, 1.54) is 11.9 Å². The van der Waals surface area contributed by atoms with Gasteiger partial charge in [-0.05, 0) is 36.2 Å². The molecule has 3 aromatic rings. The Morgan fingerprint density at radius 2 is 1.60 bits per heavy atom. The Hall–Kier alpha value is -2.50. The molecule has 128 valence electrons. The largest absolute Gasteiger partial charge is 0.393 e. The van der Waals surface area contributed by atoms with Crippen molar-refractivity contribution in [1.29, 1.82) is 0 Å². The summed E-state index contributed by atoms with van der Waals surface area (Å²) in [6.45, 7) is 2.10. The molecule has 1 aromatic heterocycles. The summed E-state index contributed by atoms with van der Waals surface area (Å²) in [6.07, 6.45) is 2.35. The van der Waals surface area contributed by atoms with Gasteiger partial charge in [-0.25, -0.2) is 9.97 Å². The summed E-state index contributed by atoms with van der Waals surface area (Å²) < 4.78 is 0. The summed E-state index contributed by atoms with van der Waals surface area (Å²) in [6, 6.07) is 13.2. The Morgan fingerprint density at radius 1 is 0.960 bits per heavy atom. The van der Waals surface area contributed by atoms with Gasteiger partial charge in [0.15, 0.2) is 11.6 Å². The molecule has 0 unspecified atom stereocenters. The number of hydrogen-bond donors (Lipinski definition) is 3. The summed E-state index contributed by atoms with van der Waals surface area (Å²) in [5, 5.41) is 7.45. The van der Waals surface area contributed by atoms with E-state index in [1.54, 1.807) is 18.2 Å². The van der Waals surface area contributed by atoms with Crippen LogP contribution in [0, 0.1) is 0 Å². The Bertz CT molecular complexity index is 878. The molecule has 3 rings (SSSR count). The summed E-state index contributed by atoms with van der Waals surface area (Å²) in [5.41, 5.74) is 9.48. The highest BCUT2D eigenvalue weighted by Gasteiger charge is 2.10. The highest BCUT2D eigenvalue weighted by Crippen LogP contribution is 2.31. The van der Waals surface area contributed by atoms with Crippen LogP contribution < -0.4 is 16.4 Å². The Morgan fingerprint density at radius 3 is 2.28 bits per heavy atom. The van der Waals surface area contributed by atoms with E-state index in [0.29, 0.717) is 33.1 Å². The molecule has 25 heavy (non-hydrogen) atoms. The number of nitrogens with one attached hydrogen (secondary N) is 2. The van der Waals surface area contributed by atoms with Crippen molar-refractivity contribution in [3.05, 3.63) is 64.4 Å². The maximum Gasteiger partial charge on any atom is 0.159 e. The van der Waals surface area contributed by atoms with Gasteiger partial charge in [-0.2, -0.15) is 0 Å². The summed E-state index contributed by atoms with van der Waals surface area (Å²) in [7, 11) is 0. The van der Waals surface area contributed by atoms with E-state index in [9.17, 15) is 0 Å². The molecule has 0 aliphatic carbocycles. The number of nitrogen functional groups attached to an aromatic ring is 1. The summed E-state index contributed by atoms with van der Waals surface area (Å²) in [4.78, 5) is 8.45. The first-order valence-corrected chi connectivity index (χ1v) is 8.51. The zero-order valence-corrected chi connectivity index (χ0v) is 15.1. The monoisotopic (exact) mass is 373 g/mol. The predicted octanol–water partition coefficient (Wildman–Crippen LogP) is 5.42. The lowest BCUT2D eigenvalue weighted by molar-refractivity contribution is 1.13. The third-order valence-corrected chi connectivity index (χ3v) is 4.10. The van der Waals surface area contributed by atoms with Crippen molar-refractivity contribution in [3.63, 3.8) is 0 Å². The minimum Gasteiger partial charge on any atom is -0.393 e. The molecule has 0 aliphatic heterocycles. The second-order valence-corrected chi connectivity index (χ2v) is 6.28. The van der Waals surface area contributed by atoms with Crippen molar-refractivity contribution in [1.82, 2.24) is 9.97 Å². The molecule has 0 amide bonds.